The van der Waals surface area contributed by atoms with E-state index in [1.54, 1.807) is 18.7 Å². The van der Waals surface area contributed by atoms with Crippen LogP contribution >= 0.6 is 0 Å². The molecule has 3 N–H and O–H groups in total. The monoisotopic (exact) mass is 339 g/mol. The number of nitrogens with zero attached hydrogens (tertiary/aromatic N) is 3. The summed E-state index contributed by atoms with van der Waals surface area (Å²) >= 11 is 0. The molecule has 0 bridgehead atoms. The number of para-hydroxylation sites is 1. The molecule has 25 heavy (non-hydrogen) atoms. The third kappa shape index (κ3) is 2.76. The summed E-state index contributed by atoms with van der Waals surface area (Å²) in [6, 6.07) is 11.8. The van der Waals surface area contributed by atoms with Gasteiger partial charge in [0.15, 0.2) is 17.2 Å². The van der Waals surface area contributed by atoms with Crippen molar-refractivity contribution in [3.63, 3.8) is 0 Å². The summed E-state index contributed by atoms with van der Waals surface area (Å²) in [5.41, 5.74) is 1.46. The van der Waals surface area contributed by atoms with Gasteiger partial charge in [-0.15, -0.1) is 0 Å². The van der Waals surface area contributed by atoms with Crippen LogP contribution in [0.4, 0.5) is 5.69 Å². The lowest BCUT2D eigenvalue weighted by Crippen LogP contribution is -2.19. The van der Waals surface area contributed by atoms with E-state index < -0.39 is 17.2 Å². The largest absolute Gasteiger partial charge is 0.504 e. The van der Waals surface area contributed by atoms with E-state index in [0.29, 0.717) is 11.4 Å². The number of phenolic OH excluding ortho intramolecular Hbond substituents is 3. The molecule has 0 saturated carbocycles. The minimum Gasteiger partial charge on any atom is -0.504 e. The van der Waals surface area contributed by atoms with Crippen LogP contribution in [0, 0.1) is 6.92 Å². The number of benzene rings is 2. The van der Waals surface area contributed by atoms with Gasteiger partial charge in [-0.3, -0.25) is 9.48 Å². The van der Waals surface area contributed by atoms with E-state index in [4.69, 9.17) is 0 Å². The first-order valence-corrected chi connectivity index (χ1v) is 7.53. The Bertz CT molecular complexity index is 1020. The molecule has 3 aromatic rings. The summed E-state index contributed by atoms with van der Waals surface area (Å²) in [6.07, 6.45) is 1.27. The average molecular weight is 339 g/mol. The number of phenols is 3. The van der Waals surface area contributed by atoms with Crippen LogP contribution in [0.15, 0.2) is 52.3 Å². The predicted octanol–water partition coefficient (Wildman–Crippen LogP) is 2.35. The zero-order valence-corrected chi connectivity index (χ0v) is 13.7. The van der Waals surface area contributed by atoms with Crippen LogP contribution < -0.4 is 5.56 Å². The van der Waals surface area contributed by atoms with Crippen LogP contribution in [-0.4, -0.2) is 30.9 Å². The number of aliphatic imine (C=N–C) groups is 1. The Balaban J connectivity index is 2.08. The van der Waals surface area contributed by atoms with Crippen LogP contribution in [-0.2, 0) is 7.05 Å². The molecule has 3 rings (SSSR count). The van der Waals surface area contributed by atoms with Crippen molar-refractivity contribution in [3.05, 3.63) is 64.1 Å². The maximum atomic E-state index is 12.7. The summed E-state index contributed by atoms with van der Waals surface area (Å²) < 4.78 is 3.19. The van der Waals surface area contributed by atoms with Gasteiger partial charge in [0.2, 0.25) is 5.75 Å². The van der Waals surface area contributed by atoms with Crippen LogP contribution in [0.3, 0.4) is 0 Å². The molecule has 0 fully saturated rings. The first-order chi connectivity index (χ1) is 11.9. The van der Waals surface area contributed by atoms with E-state index in [1.165, 1.54) is 23.0 Å². The van der Waals surface area contributed by atoms with Crippen LogP contribution in [0.1, 0.15) is 11.3 Å². The van der Waals surface area contributed by atoms with E-state index in [1.807, 2.05) is 30.3 Å². The molecule has 7 nitrogen and oxygen atoms in total. The molecule has 0 radical (unpaired) electrons. The van der Waals surface area contributed by atoms with Gasteiger partial charge in [-0.25, -0.2) is 9.67 Å². The average Bonchev–Trinajstić information content (AvgIpc) is 2.82. The van der Waals surface area contributed by atoms with E-state index in [2.05, 4.69) is 4.99 Å². The standard InChI is InChI=1S/C18H17N3O4/c1-11-15(19-10-12-8-9-14(22)17(24)16(12)23)18(25)21(20(11)2)13-6-4-3-5-7-13/h3-10,22-24H,1-2H3. The molecule has 1 heterocycles. The highest BCUT2D eigenvalue weighted by molar-refractivity contribution is 5.87. The molecule has 2 aromatic carbocycles. The van der Waals surface area contributed by atoms with Crippen molar-refractivity contribution in [2.45, 2.75) is 6.92 Å². The van der Waals surface area contributed by atoms with Gasteiger partial charge in [0.25, 0.3) is 5.56 Å². The van der Waals surface area contributed by atoms with Gasteiger partial charge in [0.1, 0.15) is 0 Å². The van der Waals surface area contributed by atoms with Crippen molar-refractivity contribution in [3.8, 4) is 22.9 Å². The van der Waals surface area contributed by atoms with Crippen molar-refractivity contribution in [1.29, 1.82) is 0 Å². The quantitative estimate of drug-likeness (QED) is 0.504. The van der Waals surface area contributed by atoms with E-state index >= 15 is 0 Å². The zero-order valence-electron chi connectivity index (χ0n) is 13.7. The highest BCUT2D eigenvalue weighted by Crippen LogP contribution is 2.36. The minimum absolute atomic E-state index is 0.184. The third-order valence-corrected chi connectivity index (χ3v) is 4.02. The zero-order chi connectivity index (χ0) is 18.1. The van der Waals surface area contributed by atoms with E-state index in [9.17, 15) is 20.1 Å². The predicted molar refractivity (Wildman–Crippen MR) is 94.4 cm³/mol. The smallest absolute Gasteiger partial charge is 0.297 e. The Morgan fingerprint density at radius 2 is 1.68 bits per heavy atom. The van der Waals surface area contributed by atoms with Crippen molar-refractivity contribution >= 4 is 11.9 Å². The summed E-state index contributed by atoms with van der Waals surface area (Å²) in [6.45, 7) is 1.77. The fourth-order valence-electron chi connectivity index (χ4n) is 2.53. The summed E-state index contributed by atoms with van der Waals surface area (Å²) in [5, 5.41) is 28.8. The van der Waals surface area contributed by atoms with Gasteiger partial charge >= 0.3 is 0 Å². The summed E-state index contributed by atoms with van der Waals surface area (Å²) in [7, 11) is 1.76. The highest BCUT2D eigenvalue weighted by Gasteiger charge is 2.15. The normalized spacial score (nSPS) is 11.3. The number of hydrogen-bond donors (Lipinski definition) is 3. The van der Waals surface area contributed by atoms with Crippen molar-refractivity contribution in [2.75, 3.05) is 0 Å². The summed E-state index contributed by atoms with van der Waals surface area (Å²) in [4.78, 5) is 16.9. The Hall–Kier alpha value is -3.48. The molecule has 7 heteroatoms. The molecule has 0 spiro atoms. The summed E-state index contributed by atoms with van der Waals surface area (Å²) in [5.74, 6) is -1.56. The second kappa shape index (κ2) is 6.20. The highest BCUT2D eigenvalue weighted by atomic mass is 16.3. The van der Waals surface area contributed by atoms with Gasteiger partial charge in [-0.05, 0) is 31.2 Å². The molecular formula is C18H17N3O4. The Kier molecular flexibility index (Phi) is 4.06. The van der Waals surface area contributed by atoms with Gasteiger partial charge in [0, 0.05) is 18.8 Å². The lowest BCUT2D eigenvalue weighted by atomic mass is 10.2. The number of rotatable bonds is 3. The number of aromatic nitrogens is 2. The lowest BCUT2D eigenvalue weighted by molar-refractivity contribution is 0.367. The molecule has 0 aliphatic heterocycles. The van der Waals surface area contributed by atoms with Gasteiger partial charge in [-0.1, -0.05) is 18.2 Å². The van der Waals surface area contributed by atoms with Crippen molar-refractivity contribution in [1.82, 2.24) is 9.36 Å². The van der Waals surface area contributed by atoms with Gasteiger partial charge < -0.3 is 15.3 Å². The Morgan fingerprint density at radius 1 is 1.00 bits per heavy atom. The maximum Gasteiger partial charge on any atom is 0.297 e. The first-order valence-electron chi connectivity index (χ1n) is 7.53. The molecule has 0 atom stereocenters. The minimum atomic E-state index is -0.629. The molecule has 0 unspecified atom stereocenters. The molecule has 128 valence electrons. The molecule has 0 aliphatic carbocycles. The molecule has 1 aromatic heterocycles. The first kappa shape index (κ1) is 16.4. The second-order valence-corrected chi connectivity index (χ2v) is 5.54. The Morgan fingerprint density at radius 3 is 2.36 bits per heavy atom. The Labute approximate surface area is 143 Å². The molecule has 0 aliphatic rings. The van der Waals surface area contributed by atoms with Crippen LogP contribution in [0.2, 0.25) is 0 Å². The van der Waals surface area contributed by atoms with Crippen molar-refractivity contribution in [2.24, 2.45) is 12.0 Å². The van der Waals surface area contributed by atoms with Gasteiger partial charge in [0.05, 0.1) is 11.4 Å². The van der Waals surface area contributed by atoms with Crippen molar-refractivity contribution < 1.29 is 15.3 Å². The van der Waals surface area contributed by atoms with Gasteiger partial charge in [-0.2, -0.15) is 0 Å². The lowest BCUT2D eigenvalue weighted by Gasteiger charge is -2.07. The van der Waals surface area contributed by atoms with E-state index in [0.717, 1.165) is 0 Å². The van der Waals surface area contributed by atoms with Crippen LogP contribution in [0.25, 0.3) is 5.69 Å². The maximum absolute atomic E-state index is 12.7. The molecule has 0 amide bonds. The SMILES string of the molecule is Cc1c(N=Cc2ccc(O)c(O)c2O)c(=O)n(-c2ccccc2)n1C. The topological polar surface area (TPSA) is 100.0 Å². The van der Waals surface area contributed by atoms with Crippen LogP contribution in [0.5, 0.6) is 17.2 Å². The molecular weight excluding hydrogens is 322 g/mol. The second-order valence-electron chi connectivity index (χ2n) is 5.54. The fourth-order valence-corrected chi connectivity index (χ4v) is 2.53. The number of aromatic hydroxyl groups is 3. The molecule has 0 saturated heterocycles. The fraction of sp³-hybridized carbons (Fsp3) is 0.111. The number of hydrogen-bond acceptors (Lipinski definition) is 5. The third-order valence-electron chi connectivity index (χ3n) is 4.02. The van der Waals surface area contributed by atoms with E-state index in [-0.39, 0.29) is 16.8 Å².